The second kappa shape index (κ2) is 11.6. The van der Waals surface area contributed by atoms with E-state index in [2.05, 4.69) is 66.9 Å². The molecule has 2 amide bonds. The van der Waals surface area contributed by atoms with Gasteiger partial charge < -0.3 is 4.57 Å². The van der Waals surface area contributed by atoms with Crippen LogP contribution < -0.4 is 4.90 Å². The monoisotopic (exact) mass is 644 g/mol. The van der Waals surface area contributed by atoms with Crippen LogP contribution in [0.15, 0.2) is 158 Å². The number of imide groups is 1. The summed E-state index contributed by atoms with van der Waals surface area (Å²) in [6, 6.07) is 52.9. The molecule has 0 bridgehead atoms. The van der Waals surface area contributed by atoms with Crippen LogP contribution in [0.1, 0.15) is 31.8 Å². The van der Waals surface area contributed by atoms with Gasteiger partial charge >= 0.3 is 0 Å². The molecular weight excluding hydrogens is 613 g/mol. The average Bonchev–Trinajstić information content (AvgIpc) is 3.61. The Labute approximate surface area is 290 Å². The Morgan fingerprint density at radius 2 is 1.00 bits per heavy atom. The van der Waals surface area contributed by atoms with Crippen LogP contribution >= 0.6 is 0 Å². The average molecular weight is 645 g/mol. The van der Waals surface area contributed by atoms with Gasteiger partial charge in [-0.2, -0.15) is 0 Å². The number of nitrogens with zero attached hydrogens (tertiary/aromatic N) is 2. The number of amides is 2. The van der Waals surface area contributed by atoms with E-state index in [4.69, 9.17) is 0 Å². The molecule has 4 heteroatoms. The Morgan fingerprint density at radius 1 is 0.420 bits per heavy atom. The second-order valence-electron chi connectivity index (χ2n) is 13.0. The van der Waals surface area contributed by atoms with Crippen LogP contribution in [0.25, 0.3) is 60.9 Å². The van der Waals surface area contributed by atoms with Crippen LogP contribution in [-0.4, -0.2) is 16.4 Å². The molecule has 0 radical (unpaired) electrons. The van der Waals surface area contributed by atoms with E-state index >= 15 is 0 Å². The summed E-state index contributed by atoms with van der Waals surface area (Å²) in [4.78, 5) is 30.9. The minimum Gasteiger partial charge on any atom is -0.308 e. The molecule has 0 aliphatic carbocycles. The fourth-order valence-electron chi connectivity index (χ4n) is 7.70. The van der Waals surface area contributed by atoms with Crippen molar-refractivity contribution in [1.29, 1.82) is 0 Å². The Morgan fingerprint density at radius 3 is 1.68 bits per heavy atom. The molecule has 1 aromatic heterocycles. The maximum atomic E-state index is 15.0. The van der Waals surface area contributed by atoms with E-state index in [9.17, 15) is 9.59 Å². The normalized spacial score (nSPS) is 12.6. The first-order valence-electron chi connectivity index (χ1n) is 16.9. The highest BCUT2D eigenvalue weighted by molar-refractivity contribution is 6.37. The van der Waals surface area contributed by atoms with Crippen LogP contribution in [0.4, 0.5) is 5.69 Å². The molecule has 50 heavy (non-hydrogen) atoms. The number of hydrogen-bond acceptors (Lipinski definition) is 2. The van der Waals surface area contributed by atoms with Gasteiger partial charge in [-0.15, -0.1) is 0 Å². The zero-order chi connectivity index (χ0) is 33.9. The van der Waals surface area contributed by atoms with Crippen molar-refractivity contribution < 1.29 is 9.59 Å². The van der Waals surface area contributed by atoms with Gasteiger partial charge in [0.15, 0.2) is 0 Å². The summed E-state index contributed by atoms with van der Waals surface area (Å²) in [6.45, 7) is 4.25. The van der Waals surface area contributed by atoms with Gasteiger partial charge in [0.25, 0.3) is 11.8 Å². The second-order valence-corrected chi connectivity index (χ2v) is 13.0. The lowest BCUT2D eigenvalue weighted by Crippen LogP contribution is -2.30. The number of rotatable bonds is 5. The van der Waals surface area contributed by atoms with Gasteiger partial charge in [-0.25, -0.2) is 4.90 Å². The summed E-state index contributed by atoms with van der Waals surface area (Å²) in [5, 5.41) is 2.17. The topological polar surface area (TPSA) is 42.3 Å². The highest BCUT2D eigenvalue weighted by Crippen LogP contribution is 2.45. The number of aryl methyl sites for hydroxylation is 2. The van der Waals surface area contributed by atoms with Crippen LogP contribution in [-0.2, 0) is 0 Å². The van der Waals surface area contributed by atoms with E-state index in [1.54, 1.807) is 6.07 Å². The van der Waals surface area contributed by atoms with Crippen molar-refractivity contribution in [1.82, 2.24) is 4.57 Å². The quantitative estimate of drug-likeness (QED) is 0.175. The van der Waals surface area contributed by atoms with Gasteiger partial charge in [0.05, 0.1) is 33.5 Å². The summed E-state index contributed by atoms with van der Waals surface area (Å²) < 4.78 is 2.14. The molecule has 0 saturated carbocycles. The minimum absolute atomic E-state index is 0.328. The molecule has 9 rings (SSSR count). The number of benzene rings is 7. The van der Waals surface area contributed by atoms with Crippen LogP contribution in [0.3, 0.4) is 0 Å². The molecule has 2 heterocycles. The van der Waals surface area contributed by atoms with Crippen LogP contribution in [0.2, 0.25) is 0 Å². The summed E-state index contributed by atoms with van der Waals surface area (Å²) in [7, 11) is 0. The predicted octanol–water partition coefficient (Wildman–Crippen LogP) is 11.2. The maximum absolute atomic E-state index is 15.0. The molecule has 8 aromatic rings. The number of carbonyl (C=O) groups is 2. The lowest BCUT2D eigenvalue weighted by molar-refractivity contribution is 0.0926. The molecule has 0 saturated heterocycles. The fourth-order valence-corrected chi connectivity index (χ4v) is 7.70. The largest absolute Gasteiger partial charge is 0.308 e. The lowest BCUT2D eigenvalue weighted by Gasteiger charge is -2.23. The van der Waals surface area contributed by atoms with Gasteiger partial charge in [-0.1, -0.05) is 139 Å². The number of carbonyl (C=O) groups excluding carboxylic acids is 2. The van der Waals surface area contributed by atoms with E-state index in [1.165, 1.54) is 21.6 Å². The highest BCUT2D eigenvalue weighted by atomic mass is 16.2. The SMILES string of the molecule is Cc1cc(C)cc(-c2ccc3c(c2)c2ccccc2n3-c2cccc3c2C(=O)N(c2c(-c4ccccc4)cccc2-c2ccccc2)C3=O)c1. The van der Waals surface area contributed by atoms with Gasteiger partial charge in [0, 0.05) is 21.9 Å². The lowest BCUT2D eigenvalue weighted by atomic mass is 9.95. The Kier molecular flexibility index (Phi) is 6.85. The van der Waals surface area contributed by atoms with Gasteiger partial charge in [-0.3, -0.25) is 9.59 Å². The first-order valence-corrected chi connectivity index (χ1v) is 16.9. The Bertz CT molecular complexity index is 2570. The molecule has 0 spiro atoms. The molecule has 7 aromatic carbocycles. The third-order valence-electron chi connectivity index (χ3n) is 9.79. The molecule has 1 aliphatic rings. The van der Waals surface area contributed by atoms with E-state index < -0.39 is 0 Å². The maximum Gasteiger partial charge on any atom is 0.268 e. The summed E-state index contributed by atoms with van der Waals surface area (Å²) in [5.41, 5.74) is 12.3. The molecule has 0 atom stereocenters. The Hall–Kier alpha value is -6.52. The number of para-hydroxylation sites is 2. The zero-order valence-electron chi connectivity index (χ0n) is 27.7. The van der Waals surface area contributed by atoms with Gasteiger partial charge in [0.1, 0.15) is 0 Å². The van der Waals surface area contributed by atoms with Crippen molar-refractivity contribution in [3.63, 3.8) is 0 Å². The molecule has 0 fully saturated rings. The molecule has 238 valence electrons. The van der Waals surface area contributed by atoms with Crippen molar-refractivity contribution in [2.24, 2.45) is 0 Å². The summed E-state index contributed by atoms with van der Waals surface area (Å²) >= 11 is 0. The third kappa shape index (κ3) is 4.61. The molecule has 1 aliphatic heterocycles. The standard InChI is InChI=1S/C46H32N2O2/c1-29-25-30(2)27-34(26-29)33-23-24-41-39(28-33)37-17-9-10-21-40(37)47(41)42-22-12-20-38-43(42)46(50)48(45(38)49)44-35(31-13-5-3-6-14-31)18-11-19-36(44)32-15-7-4-8-16-32/h3-28H,1-2H3. The first kappa shape index (κ1) is 29.6. The van der Waals surface area contributed by atoms with Crippen molar-refractivity contribution in [2.45, 2.75) is 13.8 Å². The highest BCUT2D eigenvalue weighted by Gasteiger charge is 2.41. The predicted molar refractivity (Wildman–Crippen MR) is 204 cm³/mol. The minimum atomic E-state index is -0.334. The van der Waals surface area contributed by atoms with Crippen LogP contribution in [0, 0.1) is 13.8 Å². The molecule has 4 nitrogen and oxygen atoms in total. The number of aromatic nitrogens is 1. The van der Waals surface area contributed by atoms with Gasteiger partial charge in [0.2, 0.25) is 0 Å². The van der Waals surface area contributed by atoms with Crippen molar-refractivity contribution in [2.75, 3.05) is 4.90 Å². The number of hydrogen-bond donors (Lipinski definition) is 0. The Balaban J connectivity index is 1.26. The molecule has 0 unspecified atom stereocenters. The smallest absolute Gasteiger partial charge is 0.268 e. The summed E-state index contributed by atoms with van der Waals surface area (Å²) in [6.07, 6.45) is 0. The van der Waals surface area contributed by atoms with Gasteiger partial charge in [-0.05, 0) is 66.4 Å². The first-order chi connectivity index (χ1) is 24.5. The number of fused-ring (bicyclic) bond motifs is 4. The molecular formula is C46H32N2O2. The summed E-state index contributed by atoms with van der Waals surface area (Å²) in [5.74, 6) is -0.663. The van der Waals surface area contributed by atoms with Crippen molar-refractivity contribution in [3.05, 3.63) is 180 Å². The van der Waals surface area contributed by atoms with E-state index in [0.717, 1.165) is 49.6 Å². The van der Waals surface area contributed by atoms with E-state index in [-0.39, 0.29) is 11.8 Å². The number of anilines is 1. The van der Waals surface area contributed by atoms with Crippen molar-refractivity contribution >= 4 is 39.3 Å². The fraction of sp³-hybridized carbons (Fsp3) is 0.0435. The van der Waals surface area contributed by atoms with Crippen LogP contribution in [0.5, 0.6) is 0 Å². The third-order valence-corrected chi connectivity index (χ3v) is 9.79. The molecule has 0 N–H and O–H groups in total. The zero-order valence-corrected chi connectivity index (χ0v) is 27.7. The van der Waals surface area contributed by atoms with E-state index in [0.29, 0.717) is 22.5 Å². The van der Waals surface area contributed by atoms with E-state index in [1.807, 2.05) is 103 Å². The van der Waals surface area contributed by atoms with Crippen molar-refractivity contribution in [3.8, 4) is 39.1 Å².